The van der Waals surface area contributed by atoms with Gasteiger partial charge in [0.1, 0.15) is 0 Å². The second-order valence-electron chi connectivity index (χ2n) is 4.66. The summed E-state index contributed by atoms with van der Waals surface area (Å²) < 4.78 is 0. The van der Waals surface area contributed by atoms with E-state index in [1.54, 1.807) is 11.3 Å². The molecule has 3 nitrogen and oxygen atoms in total. The number of aryl methyl sites for hydroxylation is 1. The van der Waals surface area contributed by atoms with Crippen molar-refractivity contribution in [3.05, 3.63) is 21.9 Å². The van der Waals surface area contributed by atoms with Gasteiger partial charge in [-0.3, -0.25) is 4.79 Å². The Hall–Kier alpha value is -0.870. The number of hydrogen-bond donors (Lipinski definition) is 1. The highest BCUT2D eigenvalue weighted by atomic mass is 32.1. The molecule has 1 atom stereocenters. The Morgan fingerprint density at radius 1 is 1.59 bits per heavy atom. The van der Waals surface area contributed by atoms with Crippen LogP contribution in [-0.2, 0) is 0 Å². The van der Waals surface area contributed by atoms with Crippen LogP contribution in [0.1, 0.15) is 40.9 Å². The SMILES string of the molecule is Cc1ccsc1C(=O)N1CCCCC1CCN. The van der Waals surface area contributed by atoms with Crippen LogP contribution in [0, 0.1) is 6.92 Å². The van der Waals surface area contributed by atoms with E-state index < -0.39 is 0 Å². The third-order valence-electron chi connectivity index (χ3n) is 3.44. The van der Waals surface area contributed by atoms with Crippen LogP contribution in [0.2, 0.25) is 0 Å². The zero-order valence-electron chi connectivity index (χ0n) is 10.3. The van der Waals surface area contributed by atoms with E-state index >= 15 is 0 Å². The summed E-state index contributed by atoms with van der Waals surface area (Å²) in [5, 5.41) is 1.99. The first-order valence-electron chi connectivity index (χ1n) is 6.29. The van der Waals surface area contributed by atoms with Crippen LogP contribution in [0.15, 0.2) is 11.4 Å². The van der Waals surface area contributed by atoms with Crippen LogP contribution >= 0.6 is 11.3 Å². The van der Waals surface area contributed by atoms with E-state index in [2.05, 4.69) is 0 Å². The lowest BCUT2D eigenvalue weighted by Crippen LogP contribution is -2.44. The normalized spacial score (nSPS) is 20.6. The summed E-state index contributed by atoms with van der Waals surface area (Å²) in [6.45, 7) is 3.56. The average molecular weight is 252 g/mol. The number of nitrogens with two attached hydrogens (primary N) is 1. The number of thiophene rings is 1. The highest BCUT2D eigenvalue weighted by molar-refractivity contribution is 7.12. The molecule has 1 aliphatic heterocycles. The van der Waals surface area contributed by atoms with E-state index in [-0.39, 0.29) is 5.91 Å². The molecule has 2 heterocycles. The maximum Gasteiger partial charge on any atom is 0.264 e. The Morgan fingerprint density at radius 3 is 3.06 bits per heavy atom. The van der Waals surface area contributed by atoms with E-state index in [4.69, 9.17) is 5.73 Å². The topological polar surface area (TPSA) is 46.3 Å². The molecule has 1 aromatic rings. The first kappa shape index (κ1) is 12.6. The highest BCUT2D eigenvalue weighted by Crippen LogP contribution is 2.25. The Labute approximate surface area is 107 Å². The molecule has 2 rings (SSSR count). The molecule has 1 saturated heterocycles. The molecule has 4 heteroatoms. The summed E-state index contributed by atoms with van der Waals surface area (Å²) >= 11 is 1.55. The third kappa shape index (κ3) is 2.69. The number of amides is 1. The average Bonchev–Trinajstić information content (AvgIpc) is 2.76. The predicted octanol–water partition coefficient (Wildman–Crippen LogP) is 2.40. The molecule has 1 aliphatic rings. The highest BCUT2D eigenvalue weighted by Gasteiger charge is 2.28. The molecule has 0 radical (unpaired) electrons. The van der Waals surface area contributed by atoms with Crippen LogP contribution in [0.5, 0.6) is 0 Å². The molecule has 0 bridgehead atoms. The molecule has 1 unspecified atom stereocenters. The third-order valence-corrected chi connectivity index (χ3v) is 4.45. The number of hydrogen-bond acceptors (Lipinski definition) is 3. The summed E-state index contributed by atoms with van der Waals surface area (Å²) in [6, 6.07) is 2.36. The fourth-order valence-electron chi connectivity index (χ4n) is 2.48. The van der Waals surface area contributed by atoms with E-state index in [9.17, 15) is 4.79 Å². The molecule has 17 heavy (non-hydrogen) atoms. The van der Waals surface area contributed by atoms with E-state index in [1.807, 2.05) is 23.3 Å². The number of rotatable bonds is 3. The van der Waals surface area contributed by atoms with Crippen molar-refractivity contribution in [3.63, 3.8) is 0 Å². The fraction of sp³-hybridized carbons (Fsp3) is 0.615. The van der Waals surface area contributed by atoms with Crippen molar-refractivity contribution < 1.29 is 4.79 Å². The maximum absolute atomic E-state index is 12.5. The van der Waals surface area contributed by atoms with Crippen LogP contribution in [0.3, 0.4) is 0 Å². The summed E-state index contributed by atoms with van der Waals surface area (Å²) in [6.07, 6.45) is 4.37. The van der Waals surface area contributed by atoms with Gasteiger partial charge in [-0.1, -0.05) is 0 Å². The van der Waals surface area contributed by atoms with Gasteiger partial charge in [0.05, 0.1) is 4.88 Å². The molecule has 94 valence electrons. The first-order chi connectivity index (χ1) is 8.24. The summed E-state index contributed by atoms with van der Waals surface area (Å²) in [5.41, 5.74) is 6.73. The van der Waals surface area contributed by atoms with Gasteiger partial charge in [0, 0.05) is 12.6 Å². The minimum atomic E-state index is 0.204. The van der Waals surface area contributed by atoms with Crippen molar-refractivity contribution >= 4 is 17.2 Å². The maximum atomic E-state index is 12.5. The van der Waals surface area contributed by atoms with Crippen molar-refractivity contribution in [2.24, 2.45) is 5.73 Å². The monoisotopic (exact) mass is 252 g/mol. The quantitative estimate of drug-likeness (QED) is 0.898. The Bertz CT molecular complexity index is 387. The standard InChI is InChI=1S/C13H20N2OS/c1-10-6-9-17-12(10)13(16)15-8-3-2-4-11(15)5-7-14/h6,9,11H,2-5,7-8,14H2,1H3. The number of nitrogens with zero attached hydrogens (tertiary/aromatic N) is 1. The molecule has 1 aromatic heterocycles. The second-order valence-corrected chi connectivity index (χ2v) is 5.57. The molecule has 0 aliphatic carbocycles. The number of carbonyl (C=O) groups is 1. The van der Waals surface area contributed by atoms with Gasteiger partial charge < -0.3 is 10.6 Å². The van der Waals surface area contributed by atoms with Gasteiger partial charge >= 0.3 is 0 Å². The molecule has 1 fully saturated rings. The lowest BCUT2D eigenvalue weighted by molar-refractivity contribution is 0.0609. The summed E-state index contributed by atoms with van der Waals surface area (Å²) in [7, 11) is 0. The predicted molar refractivity (Wildman–Crippen MR) is 71.4 cm³/mol. The van der Waals surface area contributed by atoms with Gasteiger partial charge in [0.2, 0.25) is 0 Å². The lowest BCUT2D eigenvalue weighted by Gasteiger charge is -2.35. The minimum Gasteiger partial charge on any atom is -0.335 e. The second kappa shape index (κ2) is 5.65. The van der Waals surface area contributed by atoms with Crippen LogP contribution in [0.25, 0.3) is 0 Å². The minimum absolute atomic E-state index is 0.204. The Morgan fingerprint density at radius 2 is 2.41 bits per heavy atom. The van der Waals surface area contributed by atoms with Gasteiger partial charge in [-0.15, -0.1) is 11.3 Å². The zero-order chi connectivity index (χ0) is 12.3. The lowest BCUT2D eigenvalue weighted by atomic mass is 9.99. The fourth-order valence-corrected chi connectivity index (χ4v) is 3.36. The molecule has 1 amide bonds. The molecule has 0 aromatic carbocycles. The van der Waals surface area contributed by atoms with Crippen LogP contribution < -0.4 is 5.73 Å². The molecule has 0 saturated carbocycles. The van der Waals surface area contributed by atoms with Crippen LogP contribution in [0.4, 0.5) is 0 Å². The van der Waals surface area contributed by atoms with Gasteiger partial charge in [-0.05, 0) is 56.2 Å². The van der Waals surface area contributed by atoms with Gasteiger partial charge in [0.15, 0.2) is 0 Å². The van der Waals surface area contributed by atoms with Crippen molar-refractivity contribution in [1.29, 1.82) is 0 Å². The van der Waals surface area contributed by atoms with Gasteiger partial charge in [0.25, 0.3) is 5.91 Å². The van der Waals surface area contributed by atoms with Crippen molar-refractivity contribution in [2.75, 3.05) is 13.1 Å². The van der Waals surface area contributed by atoms with Crippen molar-refractivity contribution in [2.45, 2.75) is 38.6 Å². The Kier molecular flexibility index (Phi) is 4.18. The zero-order valence-corrected chi connectivity index (χ0v) is 11.1. The van der Waals surface area contributed by atoms with Crippen molar-refractivity contribution in [1.82, 2.24) is 4.90 Å². The van der Waals surface area contributed by atoms with Crippen LogP contribution in [-0.4, -0.2) is 29.9 Å². The number of likely N-dealkylation sites (tertiary alicyclic amines) is 1. The smallest absolute Gasteiger partial charge is 0.264 e. The van der Waals surface area contributed by atoms with E-state index in [0.29, 0.717) is 12.6 Å². The van der Waals surface area contributed by atoms with Gasteiger partial charge in [-0.2, -0.15) is 0 Å². The number of carbonyl (C=O) groups excluding carboxylic acids is 1. The Balaban J connectivity index is 2.14. The number of piperidine rings is 1. The first-order valence-corrected chi connectivity index (χ1v) is 7.17. The largest absolute Gasteiger partial charge is 0.335 e. The molecular formula is C13H20N2OS. The van der Waals surface area contributed by atoms with Gasteiger partial charge in [-0.25, -0.2) is 0 Å². The molecule has 2 N–H and O–H groups in total. The summed E-state index contributed by atoms with van der Waals surface area (Å²) in [4.78, 5) is 15.4. The molecular weight excluding hydrogens is 232 g/mol. The summed E-state index contributed by atoms with van der Waals surface area (Å²) in [5.74, 6) is 0.204. The van der Waals surface area contributed by atoms with Crippen molar-refractivity contribution in [3.8, 4) is 0 Å². The van der Waals surface area contributed by atoms with E-state index in [0.717, 1.165) is 36.2 Å². The molecule has 0 spiro atoms. The van der Waals surface area contributed by atoms with E-state index in [1.165, 1.54) is 6.42 Å².